The molecule has 0 atom stereocenters. The Morgan fingerprint density at radius 3 is 1.15 bits per heavy atom. The maximum Gasteiger partial charge on any atom is 1.00 e. The minimum Gasteiger partial charge on any atom is -0.900 e. The average molecular weight is 199 g/mol. The van der Waals surface area contributed by atoms with Gasteiger partial charge < -0.3 is 20.3 Å². The summed E-state index contributed by atoms with van der Waals surface area (Å²) in [5.41, 5.74) is 0. The van der Waals surface area contributed by atoms with Gasteiger partial charge in [0.25, 0.3) is 0 Å². The van der Waals surface area contributed by atoms with E-state index in [-0.39, 0.29) is 70.6 Å². The Labute approximate surface area is 121 Å². The van der Waals surface area contributed by atoms with Gasteiger partial charge in [-0.15, -0.1) is 0 Å². The molecule has 4 nitrogen and oxygen atoms in total. The van der Waals surface area contributed by atoms with Crippen molar-refractivity contribution >= 4 is 7.69 Å². The molecule has 0 amide bonds. The summed E-state index contributed by atoms with van der Waals surface area (Å²) in [5.74, 6) is 0.339. The summed E-state index contributed by atoms with van der Waals surface area (Å²) in [6, 6.07) is 5.70. The first kappa shape index (κ1) is 19.4. The van der Waals surface area contributed by atoms with Crippen molar-refractivity contribution in [2.45, 2.75) is 0 Å². The van der Waals surface area contributed by atoms with Gasteiger partial charge in [-0.25, -0.2) is 7.69 Å². The SMILES string of the molecule is Oc1ccc(O)cc1.[Na+].[Na+].[O-][B][O-]. The van der Waals surface area contributed by atoms with Gasteiger partial charge in [0, 0.05) is 0 Å². The molecule has 0 spiro atoms. The second kappa shape index (κ2) is 12.8. The first-order valence-corrected chi connectivity index (χ1v) is 2.74. The molecular weight excluding hydrogens is 193 g/mol. The Kier molecular flexibility index (Phi) is 19.1. The summed E-state index contributed by atoms with van der Waals surface area (Å²) >= 11 is 0. The minimum atomic E-state index is -0.500. The smallest absolute Gasteiger partial charge is 0.900 e. The van der Waals surface area contributed by atoms with E-state index in [1.54, 1.807) is 0 Å². The Bertz CT molecular complexity index is 173. The molecule has 0 aliphatic heterocycles. The van der Waals surface area contributed by atoms with Crippen molar-refractivity contribution in [3.8, 4) is 11.5 Å². The van der Waals surface area contributed by atoms with Gasteiger partial charge in [0.15, 0.2) is 0 Å². The Hall–Kier alpha value is 0.805. The molecule has 59 valence electrons. The van der Waals surface area contributed by atoms with Crippen molar-refractivity contribution in [2.75, 3.05) is 0 Å². The molecule has 0 aromatic heterocycles. The van der Waals surface area contributed by atoms with Crippen LogP contribution < -0.4 is 69.2 Å². The zero-order chi connectivity index (χ0) is 8.69. The Morgan fingerprint density at radius 2 is 1.00 bits per heavy atom. The maximum atomic E-state index is 8.65. The summed E-state index contributed by atoms with van der Waals surface area (Å²) in [4.78, 5) is 0. The topological polar surface area (TPSA) is 86.6 Å². The fourth-order valence-corrected chi connectivity index (χ4v) is 0.453. The molecule has 0 saturated heterocycles. The van der Waals surface area contributed by atoms with Crippen molar-refractivity contribution in [3.05, 3.63) is 24.3 Å². The molecule has 0 unspecified atom stereocenters. The Balaban J connectivity index is -0.000000180. The van der Waals surface area contributed by atoms with Gasteiger partial charge in [0.1, 0.15) is 11.5 Å². The van der Waals surface area contributed by atoms with Crippen LogP contribution in [-0.4, -0.2) is 17.9 Å². The number of phenolic OH excluding ortho intramolecular Hbond substituents is 2. The third kappa shape index (κ3) is 12.8. The summed E-state index contributed by atoms with van der Waals surface area (Å²) in [5, 5.41) is 33.8. The van der Waals surface area contributed by atoms with Crippen LogP contribution in [0.2, 0.25) is 0 Å². The Morgan fingerprint density at radius 1 is 0.846 bits per heavy atom. The molecule has 1 aromatic rings. The first-order chi connectivity index (χ1) is 5.20. The first-order valence-electron chi connectivity index (χ1n) is 2.74. The second-order valence-electron chi connectivity index (χ2n) is 1.61. The van der Waals surface area contributed by atoms with E-state index in [9.17, 15) is 0 Å². The van der Waals surface area contributed by atoms with E-state index >= 15 is 0 Å². The van der Waals surface area contributed by atoms with Crippen LogP contribution in [0, 0.1) is 0 Å². The number of rotatable bonds is 0. The van der Waals surface area contributed by atoms with E-state index in [2.05, 4.69) is 0 Å². The van der Waals surface area contributed by atoms with Crippen LogP contribution in [0.3, 0.4) is 0 Å². The van der Waals surface area contributed by atoms with Crippen molar-refractivity contribution in [1.29, 1.82) is 0 Å². The molecule has 2 N–H and O–H groups in total. The number of benzene rings is 1. The number of aromatic hydroxyl groups is 2. The van der Waals surface area contributed by atoms with Gasteiger partial charge in [-0.2, -0.15) is 0 Å². The predicted molar refractivity (Wildman–Crippen MR) is 35.5 cm³/mol. The van der Waals surface area contributed by atoms with Crippen molar-refractivity contribution in [1.82, 2.24) is 0 Å². The molecule has 0 bridgehead atoms. The standard InChI is InChI=1S/C6H6O2.BO2.2Na/c7-5-1-2-6(8)4-3-5;2-1-3;;/h1-4,7-8H;;;/q;-2;2*+1. The average Bonchev–Trinajstić information content (AvgIpc) is 1.97. The van der Waals surface area contributed by atoms with Crippen LogP contribution in [0.4, 0.5) is 0 Å². The van der Waals surface area contributed by atoms with Crippen LogP contribution in [-0.2, 0) is 0 Å². The van der Waals surface area contributed by atoms with Crippen LogP contribution in [0.25, 0.3) is 0 Å². The van der Waals surface area contributed by atoms with Crippen LogP contribution in [0.1, 0.15) is 0 Å². The van der Waals surface area contributed by atoms with E-state index < -0.39 is 7.69 Å². The third-order valence-corrected chi connectivity index (χ3v) is 0.850. The largest absolute Gasteiger partial charge is 1.00 e. The second-order valence-corrected chi connectivity index (χ2v) is 1.61. The molecule has 0 fully saturated rings. The molecule has 0 heterocycles. The third-order valence-electron chi connectivity index (χ3n) is 0.850. The normalized spacial score (nSPS) is 6.62. The van der Waals surface area contributed by atoms with E-state index in [1.807, 2.05) is 0 Å². The van der Waals surface area contributed by atoms with E-state index in [4.69, 9.17) is 20.3 Å². The van der Waals surface area contributed by atoms with Crippen molar-refractivity contribution in [2.24, 2.45) is 0 Å². The van der Waals surface area contributed by atoms with Gasteiger partial charge in [0.05, 0.1) is 0 Å². The van der Waals surface area contributed by atoms with Gasteiger partial charge in [0.2, 0.25) is 0 Å². The zero-order valence-electron chi connectivity index (χ0n) is 7.60. The van der Waals surface area contributed by atoms with E-state index in [0.29, 0.717) is 0 Å². The monoisotopic (exact) mass is 199 g/mol. The van der Waals surface area contributed by atoms with Gasteiger partial charge in [-0.1, -0.05) is 0 Å². The summed E-state index contributed by atoms with van der Waals surface area (Å²) in [6.07, 6.45) is 0. The summed E-state index contributed by atoms with van der Waals surface area (Å²) in [7, 11) is -0.500. The molecule has 0 aliphatic carbocycles. The quantitative estimate of drug-likeness (QED) is 0.321. The summed E-state index contributed by atoms with van der Waals surface area (Å²) in [6.45, 7) is 0. The molecule has 1 radical (unpaired) electrons. The molecule has 13 heavy (non-hydrogen) atoms. The van der Waals surface area contributed by atoms with E-state index in [1.165, 1.54) is 24.3 Å². The van der Waals surface area contributed by atoms with Crippen LogP contribution in [0.5, 0.6) is 11.5 Å². The number of phenols is 2. The maximum absolute atomic E-state index is 8.65. The summed E-state index contributed by atoms with van der Waals surface area (Å²) < 4.78 is 0. The van der Waals surface area contributed by atoms with Gasteiger partial charge in [-0.05, 0) is 24.3 Å². The molecule has 1 aromatic carbocycles. The van der Waals surface area contributed by atoms with Gasteiger partial charge >= 0.3 is 59.1 Å². The molecule has 0 aliphatic rings. The predicted octanol–water partition coefficient (Wildman–Crippen LogP) is -7.65. The fraction of sp³-hybridized carbons (Fsp3) is 0. The zero-order valence-corrected chi connectivity index (χ0v) is 11.6. The minimum absolute atomic E-state index is 0. The molecule has 7 heteroatoms. The molecular formula is C6H6BNa2O4. The van der Waals surface area contributed by atoms with Gasteiger partial charge in [-0.3, -0.25) is 0 Å². The van der Waals surface area contributed by atoms with Crippen molar-refractivity contribution in [3.63, 3.8) is 0 Å². The van der Waals surface area contributed by atoms with Crippen LogP contribution >= 0.6 is 0 Å². The number of hydrogen-bond acceptors (Lipinski definition) is 4. The fourth-order valence-electron chi connectivity index (χ4n) is 0.453. The molecule has 1 rings (SSSR count). The number of hydrogen-bond donors (Lipinski definition) is 2. The van der Waals surface area contributed by atoms with Crippen LogP contribution in [0.15, 0.2) is 24.3 Å². The van der Waals surface area contributed by atoms with Crippen molar-refractivity contribution < 1.29 is 79.4 Å². The van der Waals surface area contributed by atoms with E-state index in [0.717, 1.165) is 0 Å². The molecule has 0 saturated carbocycles.